The summed E-state index contributed by atoms with van der Waals surface area (Å²) in [5, 5.41) is 12.4. The van der Waals surface area contributed by atoms with Gasteiger partial charge in [-0.15, -0.1) is 0 Å². The number of nitrogens with one attached hydrogen (secondary N) is 1. The Balaban J connectivity index is 2.25. The first-order valence-corrected chi connectivity index (χ1v) is 5.32. The molecule has 0 spiro atoms. The zero-order chi connectivity index (χ0) is 10.6. The van der Waals surface area contributed by atoms with Gasteiger partial charge in [0.2, 0.25) is 5.91 Å². The lowest BCUT2D eigenvalue weighted by molar-refractivity contribution is -0.125. The van der Waals surface area contributed by atoms with Crippen molar-refractivity contribution >= 4 is 5.91 Å². The first-order valence-electron chi connectivity index (χ1n) is 5.32. The normalized spacial score (nSPS) is 29.9. The minimum absolute atomic E-state index is 0.282. The molecular formula is C10H20N2O2. The minimum Gasteiger partial charge on any atom is -0.382 e. The standard InChI is InChI=1S/C10H20N2O2/c1-7-4-2-3-5-8(7)12-6-9(13)10(11)14/h7-9,12-13H,2-6H2,1H3,(H2,11,14). The van der Waals surface area contributed by atoms with E-state index >= 15 is 0 Å². The molecule has 1 saturated carbocycles. The number of hydrogen-bond acceptors (Lipinski definition) is 3. The maximum Gasteiger partial charge on any atom is 0.247 e. The lowest BCUT2D eigenvalue weighted by Gasteiger charge is -2.30. The second kappa shape index (κ2) is 5.32. The van der Waals surface area contributed by atoms with Gasteiger partial charge in [-0.3, -0.25) is 4.79 Å². The summed E-state index contributed by atoms with van der Waals surface area (Å²) in [6.45, 7) is 2.48. The van der Waals surface area contributed by atoms with Crippen molar-refractivity contribution in [1.29, 1.82) is 0 Å². The highest BCUT2D eigenvalue weighted by Gasteiger charge is 2.22. The summed E-state index contributed by atoms with van der Waals surface area (Å²) >= 11 is 0. The summed E-state index contributed by atoms with van der Waals surface area (Å²) in [5.41, 5.74) is 4.96. The van der Waals surface area contributed by atoms with Crippen LogP contribution in [0.4, 0.5) is 0 Å². The molecule has 14 heavy (non-hydrogen) atoms. The van der Waals surface area contributed by atoms with E-state index in [1.54, 1.807) is 0 Å². The van der Waals surface area contributed by atoms with E-state index in [4.69, 9.17) is 5.73 Å². The Kier molecular flexibility index (Phi) is 4.35. The zero-order valence-electron chi connectivity index (χ0n) is 8.70. The van der Waals surface area contributed by atoms with Crippen LogP contribution in [0.2, 0.25) is 0 Å². The van der Waals surface area contributed by atoms with Gasteiger partial charge < -0.3 is 16.2 Å². The van der Waals surface area contributed by atoms with Crippen LogP contribution in [0.15, 0.2) is 0 Å². The van der Waals surface area contributed by atoms with E-state index in [0.29, 0.717) is 12.0 Å². The molecule has 0 aliphatic heterocycles. The molecule has 4 N–H and O–H groups in total. The predicted molar refractivity (Wildman–Crippen MR) is 54.6 cm³/mol. The van der Waals surface area contributed by atoms with E-state index in [0.717, 1.165) is 6.42 Å². The fraction of sp³-hybridized carbons (Fsp3) is 0.900. The van der Waals surface area contributed by atoms with E-state index in [1.807, 2.05) is 0 Å². The third-order valence-corrected chi connectivity index (χ3v) is 3.01. The minimum atomic E-state index is -1.05. The van der Waals surface area contributed by atoms with E-state index in [-0.39, 0.29) is 6.54 Å². The first kappa shape index (κ1) is 11.5. The molecule has 1 aliphatic carbocycles. The van der Waals surface area contributed by atoms with E-state index < -0.39 is 12.0 Å². The topological polar surface area (TPSA) is 75.3 Å². The van der Waals surface area contributed by atoms with Gasteiger partial charge in [0.25, 0.3) is 0 Å². The van der Waals surface area contributed by atoms with Crippen LogP contribution in [0.1, 0.15) is 32.6 Å². The van der Waals surface area contributed by atoms with Gasteiger partial charge >= 0.3 is 0 Å². The molecular weight excluding hydrogens is 180 g/mol. The smallest absolute Gasteiger partial charge is 0.247 e. The van der Waals surface area contributed by atoms with Crippen LogP contribution in [-0.4, -0.2) is 29.7 Å². The molecule has 0 aromatic heterocycles. The third-order valence-electron chi connectivity index (χ3n) is 3.01. The maximum atomic E-state index is 10.6. The Labute approximate surface area is 84.9 Å². The first-order chi connectivity index (χ1) is 6.61. The monoisotopic (exact) mass is 200 g/mol. The Morgan fingerprint density at radius 3 is 2.79 bits per heavy atom. The number of amides is 1. The van der Waals surface area contributed by atoms with Crippen LogP contribution in [-0.2, 0) is 4.79 Å². The maximum absolute atomic E-state index is 10.6. The van der Waals surface area contributed by atoms with Crippen LogP contribution >= 0.6 is 0 Å². The fourth-order valence-corrected chi connectivity index (χ4v) is 1.98. The van der Waals surface area contributed by atoms with Gasteiger partial charge in [0.1, 0.15) is 6.10 Å². The molecule has 1 amide bonds. The number of aliphatic hydroxyl groups excluding tert-OH is 1. The van der Waals surface area contributed by atoms with Crippen LogP contribution < -0.4 is 11.1 Å². The van der Waals surface area contributed by atoms with Gasteiger partial charge in [0.05, 0.1) is 0 Å². The SMILES string of the molecule is CC1CCCCC1NCC(O)C(N)=O. The Hall–Kier alpha value is -0.610. The molecule has 1 aliphatic rings. The predicted octanol–water partition coefficient (Wildman–Crippen LogP) is 0.000900. The molecule has 4 nitrogen and oxygen atoms in total. The summed E-state index contributed by atoms with van der Waals surface area (Å²) in [7, 11) is 0. The van der Waals surface area contributed by atoms with Crippen molar-refractivity contribution in [2.24, 2.45) is 11.7 Å². The highest BCUT2D eigenvalue weighted by Crippen LogP contribution is 2.23. The molecule has 0 radical (unpaired) electrons. The summed E-state index contributed by atoms with van der Waals surface area (Å²) in [6.07, 6.45) is 3.83. The van der Waals surface area contributed by atoms with Crippen molar-refractivity contribution in [1.82, 2.24) is 5.32 Å². The number of aliphatic hydroxyl groups is 1. The average molecular weight is 200 g/mol. The number of nitrogens with two attached hydrogens (primary N) is 1. The summed E-state index contributed by atoms with van der Waals surface area (Å²) in [5.74, 6) is -0.0233. The highest BCUT2D eigenvalue weighted by molar-refractivity contribution is 5.78. The summed E-state index contributed by atoms with van der Waals surface area (Å²) in [6, 6.07) is 0.428. The summed E-state index contributed by atoms with van der Waals surface area (Å²) in [4.78, 5) is 10.6. The van der Waals surface area contributed by atoms with Crippen molar-refractivity contribution in [2.75, 3.05) is 6.54 Å². The van der Waals surface area contributed by atoms with Crippen molar-refractivity contribution in [3.63, 3.8) is 0 Å². The molecule has 0 bridgehead atoms. The Morgan fingerprint density at radius 1 is 1.57 bits per heavy atom. The van der Waals surface area contributed by atoms with Gasteiger partial charge in [-0.05, 0) is 18.8 Å². The van der Waals surface area contributed by atoms with Crippen LogP contribution in [0.25, 0.3) is 0 Å². The number of primary amides is 1. The van der Waals surface area contributed by atoms with E-state index in [1.165, 1.54) is 19.3 Å². The van der Waals surface area contributed by atoms with Crippen molar-refractivity contribution in [2.45, 2.75) is 44.8 Å². The van der Waals surface area contributed by atoms with Crippen molar-refractivity contribution < 1.29 is 9.90 Å². The second-order valence-electron chi connectivity index (χ2n) is 4.19. The summed E-state index contributed by atoms with van der Waals surface area (Å²) < 4.78 is 0. The lowest BCUT2D eigenvalue weighted by Crippen LogP contribution is -2.45. The van der Waals surface area contributed by atoms with Crippen LogP contribution in [0.3, 0.4) is 0 Å². The quantitative estimate of drug-likeness (QED) is 0.598. The lowest BCUT2D eigenvalue weighted by atomic mass is 9.86. The average Bonchev–Trinajstić information content (AvgIpc) is 2.16. The Bertz CT molecular complexity index is 197. The van der Waals surface area contributed by atoms with E-state index in [2.05, 4.69) is 12.2 Å². The van der Waals surface area contributed by atoms with E-state index in [9.17, 15) is 9.90 Å². The number of carbonyl (C=O) groups excluding carboxylic acids is 1. The molecule has 1 rings (SSSR count). The van der Waals surface area contributed by atoms with Gasteiger partial charge in [-0.1, -0.05) is 19.8 Å². The number of hydrogen-bond donors (Lipinski definition) is 3. The molecule has 0 saturated heterocycles. The van der Waals surface area contributed by atoms with Gasteiger partial charge in [0, 0.05) is 12.6 Å². The van der Waals surface area contributed by atoms with Crippen LogP contribution in [0.5, 0.6) is 0 Å². The molecule has 82 valence electrons. The zero-order valence-corrected chi connectivity index (χ0v) is 8.70. The molecule has 0 aromatic rings. The fourth-order valence-electron chi connectivity index (χ4n) is 1.98. The Morgan fingerprint density at radius 2 is 2.21 bits per heavy atom. The molecule has 4 heteroatoms. The van der Waals surface area contributed by atoms with Gasteiger partial charge in [-0.2, -0.15) is 0 Å². The molecule has 1 fully saturated rings. The molecule has 0 heterocycles. The van der Waals surface area contributed by atoms with Crippen molar-refractivity contribution in [3.8, 4) is 0 Å². The third kappa shape index (κ3) is 3.27. The van der Waals surface area contributed by atoms with Crippen LogP contribution in [0, 0.1) is 5.92 Å². The van der Waals surface area contributed by atoms with Gasteiger partial charge in [-0.25, -0.2) is 0 Å². The van der Waals surface area contributed by atoms with Crippen molar-refractivity contribution in [3.05, 3.63) is 0 Å². The second-order valence-corrected chi connectivity index (χ2v) is 4.19. The largest absolute Gasteiger partial charge is 0.382 e. The molecule has 3 unspecified atom stereocenters. The highest BCUT2D eigenvalue weighted by atomic mass is 16.3. The number of rotatable bonds is 4. The number of carbonyl (C=O) groups is 1. The molecule has 3 atom stereocenters. The van der Waals surface area contributed by atoms with Gasteiger partial charge in [0.15, 0.2) is 0 Å². The molecule has 0 aromatic carbocycles.